The van der Waals surface area contributed by atoms with Crippen LogP contribution in [0.2, 0.25) is 0 Å². The number of esters is 1. The van der Waals surface area contributed by atoms with Crippen molar-refractivity contribution in [3.63, 3.8) is 0 Å². The van der Waals surface area contributed by atoms with Crippen LogP contribution in [0.3, 0.4) is 0 Å². The minimum Gasteiger partial charge on any atom is -0.506 e. The fraction of sp³-hybridized carbons (Fsp3) is 0.429. The van der Waals surface area contributed by atoms with Crippen molar-refractivity contribution in [2.75, 3.05) is 6.61 Å². The first kappa shape index (κ1) is 13.4. The molecule has 1 aliphatic rings. The molecule has 0 spiro atoms. The third-order valence-electron chi connectivity index (χ3n) is 3.33. The quantitative estimate of drug-likeness (QED) is 0.817. The summed E-state index contributed by atoms with van der Waals surface area (Å²) in [5.74, 6) is -2.37. The number of hydrogen-bond acceptors (Lipinski definition) is 4. The van der Waals surface area contributed by atoms with E-state index < -0.39 is 17.7 Å². The van der Waals surface area contributed by atoms with Crippen LogP contribution in [0.5, 0.6) is 5.75 Å². The van der Waals surface area contributed by atoms with Crippen LogP contribution < -0.4 is 0 Å². The minimum absolute atomic E-state index is 0.0245. The van der Waals surface area contributed by atoms with E-state index in [9.17, 15) is 14.7 Å². The number of phenols is 1. The van der Waals surface area contributed by atoms with Gasteiger partial charge in [0.15, 0.2) is 0 Å². The van der Waals surface area contributed by atoms with E-state index in [1.54, 1.807) is 6.92 Å². The number of carboxylic acids is 1. The van der Waals surface area contributed by atoms with Gasteiger partial charge in [-0.25, -0.2) is 9.59 Å². The highest BCUT2D eigenvalue weighted by Crippen LogP contribution is 2.34. The van der Waals surface area contributed by atoms with Gasteiger partial charge in [-0.05, 0) is 49.8 Å². The molecule has 0 saturated heterocycles. The van der Waals surface area contributed by atoms with Crippen molar-refractivity contribution in [3.8, 4) is 5.75 Å². The van der Waals surface area contributed by atoms with Crippen LogP contribution in [-0.4, -0.2) is 28.8 Å². The van der Waals surface area contributed by atoms with Crippen LogP contribution in [0.15, 0.2) is 6.07 Å². The number of carbonyl (C=O) groups excluding carboxylic acids is 1. The molecule has 0 unspecified atom stereocenters. The first-order valence-corrected chi connectivity index (χ1v) is 6.34. The zero-order chi connectivity index (χ0) is 14.0. The Balaban J connectivity index is 2.63. The SMILES string of the molecule is CCOC(=O)c1c(O)c(C(=O)O)cc2c1CCCC2. The zero-order valence-electron chi connectivity index (χ0n) is 10.7. The Hall–Kier alpha value is -2.04. The summed E-state index contributed by atoms with van der Waals surface area (Å²) in [5.41, 5.74) is 1.34. The summed E-state index contributed by atoms with van der Waals surface area (Å²) in [6.45, 7) is 1.85. The molecule has 0 aliphatic heterocycles. The standard InChI is InChI=1S/C14H16O5/c1-2-19-14(18)11-9-6-4-3-5-8(9)7-10(12(11)15)13(16)17/h7,15H,2-6H2,1H3,(H,16,17). The molecular formula is C14H16O5. The van der Waals surface area contributed by atoms with E-state index in [1.807, 2.05) is 0 Å². The monoisotopic (exact) mass is 264 g/mol. The van der Waals surface area contributed by atoms with Gasteiger partial charge in [-0.15, -0.1) is 0 Å². The Labute approximate surface area is 110 Å². The number of benzene rings is 1. The van der Waals surface area contributed by atoms with Gasteiger partial charge in [0.25, 0.3) is 0 Å². The number of rotatable bonds is 3. The van der Waals surface area contributed by atoms with Gasteiger partial charge in [0.05, 0.1) is 6.61 Å². The topological polar surface area (TPSA) is 83.8 Å². The fourth-order valence-corrected chi connectivity index (χ4v) is 2.48. The maximum atomic E-state index is 11.9. The molecule has 0 radical (unpaired) electrons. The molecular weight excluding hydrogens is 248 g/mol. The number of aryl methyl sites for hydroxylation is 1. The molecule has 0 fully saturated rings. The number of aromatic carboxylic acids is 1. The lowest BCUT2D eigenvalue weighted by atomic mass is 9.86. The normalized spacial score (nSPS) is 13.7. The molecule has 5 heteroatoms. The molecule has 0 saturated carbocycles. The average Bonchev–Trinajstić information content (AvgIpc) is 2.37. The van der Waals surface area contributed by atoms with Crippen molar-refractivity contribution in [1.82, 2.24) is 0 Å². The summed E-state index contributed by atoms with van der Waals surface area (Å²) in [6.07, 6.45) is 3.27. The van der Waals surface area contributed by atoms with Crippen LogP contribution in [-0.2, 0) is 17.6 Å². The summed E-state index contributed by atoms with van der Waals surface area (Å²) < 4.78 is 4.92. The molecule has 19 heavy (non-hydrogen) atoms. The van der Waals surface area contributed by atoms with E-state index in [1.165, 1.54) is 6.07 Å². The van der Waals surface area contributed by atoms with Gasteiger partial charge < -0.3 is 14.9 Å². The highest BCUT2D eigenvalue weighted by molar-refractivity contribution is 6.01. The first-order chi connectivity index (χ1) is 9.06. The highest BCUT2D eigenvalue weighted by Gasteiger charge is 2.27. The van der Waals surface area contributed by atoms with Crippen molar-refractivity contribution >= 4 is 11.9 Å². The van der Waals surface area contributed by atoms with Crippen molar-refractivity contribution in [1.29, 1.82) is 0 Å². The molecule has 1 aliphatic carbocycles. The number of carboxylic acid groups (broad SMARTS) is 1. The summed E-state index contributed by atoms with van der Waals surface area (Å²) >= 11 is 0. The molecule has 0 bridgehead atoms. The number of fused-ring (bicyclic) bond motifs is 1. The maximum absolute atomic E-state index is 11.9. The summed E-state index contributed by atoms with van der Waals surface area (Å²) in [4.78, 5) is 23.1. The molecule has 0 atom stereocenters. The van der Waals surface area contributed by atoms with E-state index in [-0.39, 0.29) is 17.7 Å². The molecule has 0 aromatic heterocycles. The summed E-state index contributed by atoms with van der Waals surface area (Å²) in [7, 11) is 0. The molecule has 2 rings (SSSR count). The highest BCUT2D eigenvalue weighted by atomic mass is 16.5. The van der Waals surface area contributed by atoms with Gasteiger partial charge in [0.2, 0.25) is 0 Å². The van der Waals surface area contributed by atoms with Crippen LogP contribution in [0.4, 0.5) is 0 Å². The Morgan fingerprint density at radius 1 is 1.32 bits per heavy atom. The third-order valence-corrected chi connectivity index (χ3v) is 3.33. The van der Waals surface area contributed by atoms with Crippen LogP contribution in [0.1, 0.15) is 51.6 Å². The minimum atomic E-state index is -1.24. The van der Waals surface area contributed by atoms with Crippen LogP contribution >= 0.6 is 0 Å². The molecule has 5 nitrogen and oxygen atoms in total. The summed E-state index contributed by atoms with van der Waals surface area (Å²) in [5, 5.41) is 19.1. The van der Waals surface area contributed by atoms with Gasteiger partial charge >= 0.3 is 11.9 Å². The third kappa shape index (κ3) is 2.41. The summed E-state index contributed by atoms with van der Waals surface area (Å²) in [6, 6.07) is 1.47. The van der Waals surface area contributed by atoms with Crippen molar-refractivity contribution in [2.24, 2.45) is 0 Å². The van der Waals surface area contributed by atoms with Gasteiger partial charge in [-0.3, -0.25) is 0 Å². The van der Waals surface area contributed by atoms with E-state index in [4.69, 9.17) is 9.84 Å². The molecule has 1 aromatic rings. The largest absolute Gasteiger partial charge is 0.506 e. The first-order valence-electron chi connectivity index (χ1n) is 6.34. The number of aromatic hydroxyl groups is 1. The van der Waals surface area contributed by atoms with Gasteiger partial charge in [-0.2, -0.15) is 0 Å². The predicted octanol–water partition coefficient (Wildman–Crippen LogP) is 2.15. The van der Waals surface area contributed by atoms with E-state index in [0.717, 1.165) is 30.4 Å². The van der Waals surface area contributed by atoms with Crippen LogP contribution in [0.25, 0.3) is 0 Å². The Bertz CT molecular complexity index is 533. The molecule has 0 amide bonds. The second kappa shape index (κ2) is 5.30. The lowest BCUT2D eigenvalue weighted by molar-refractivity contribution is 0.0521. The maximum Gasteiger partial charge on any atom is 0.342 e. The van der Waals surface area contributed by atoms with Crippen LogP contribution in [0, 0.1) is 0 Å². The van der Waals surface area contributed by atoms with Crippen molar-refractivity contribution in [2.45, 2.75) is 32.6 Å². The van der Waals surface area contributed by atoms with Gasteiger partial charge in [-0.1, -0.05) is 0 Å². The molecule has 1 aromatic carbocycles. The molecule has 102 valence electrons. The van der Waals surface area contributed by atoms with Crippen molar-refractivity contribution < 1.29 is 24.5 Å². The second-order valence-electron chi connectivity index (χ2n) is 4.52. The molecule has 2 N–H and O–H groups in total. The Morgan fingerprint density at radius 2 is 2.00 bits per heavy atom. The second-order valence-corrected chi connectivity index (χ2v) is 4.52. The zero-order valence-corrected chi connectivity index (χ0v) is 10.7. The van der Waals surface area contributed by atoms with E-state index in [2.05, 4.69) is 0 Å². The Morgan fingerprint density at radius 3 is 2.63 bits per heavy atom. The van der Waals surface area contributed by atoms with E-state index in [0.29, 0.717) is 6.42 Å². The van der Waals surface area contributed by atoms with Crippen molar-refractivity contribution in [3.05, 3.63) is 28.3 Å². The van der Waals surface area contributed by atoms with Gasteiger partial charge in [0, 0.05) is 0 Å². The molecule has 0 heterocycles. The number of hydrogen-bond donors (Lipinski definition) is 2. The number of carbonyl (C=O) groups is 2. The smallest absolute Gasteiger partial charge is 0.342 e. The van der Waals surface area contributed by atoms with E-state index >= 15 is 0 Å². The van der Waals surface area contributed by atoms with Gasteiger partial charge in [0.1, 0.15) is 16.9 Å². The Kier molecular flexibility index (Phi) is 3.74. The lowest BCUT2D eigenvalue weighted by Crippen LogP contribution is -2.16. The average molecular weight is 264 g/mol. The lowest BCUT2D eigenvalue weighted by Gasteiger charge is -2.20. The predicted molar refractivity (Wildman–Crippen MR) is 67.7 cm³/mol. The number of ether oxygens (including phenoxy) is 1. The fourth-order valence-electron chi connectivity index (χ4n) is 2.48.